The van der Waals surface area contributed by atoms with E-state index in [1.165, 1.54) is 23.1 Å². The third-order valence-corrected chi connectivity index (χ3v) is 7.22. The van der Waals surface area contributed by atoms with Gasteiger partial charge in [-0.1, -0.05) is 12.1 Å². The van der Waals surface area contributed by atoms with E-state index in [1.807, 2.05) is 31.4 Å². The molecule has 1 aromatic heterocycles. The summed E-state index contributed by atoms with van der Waals surface area (Å²) < 4.78 is 28.4. The summed E-state index contributed by atoms with van der Waals surface area (Å²) in [5.41, 5.74) is 1.53. The van der Waals surface area contributed by atoms with Gasteiger partial charge in [-0.15, -0.1) is 23.1 Å². The summed E-state index contributed by atoms with van der Waals surface area (Å²) in [6.07, 6.45) is 1.92. The second kappa shape index (κ2) is 5.87. The fourth-order valence-electron chi connectivity index (χ4n) is 1.49. The van der Waals surface area contributed by atoms with Crippen LogP contribution in [0.4, 0.5) is 5.69 Å². The molecule has 1 N–H and O–H groups in total. The van der Waals surface area contributed by atoms with Crippen LogP contribution in [0.25, 0.3) is 0 Å². The third kappa shape index (κ3) is 3.34. The van der Waals surface area contributed by atoms with Crippen molar-refractivity contribution >= 4 is 54.7 Å². The molecule has 7 heteroatoms. The minimum atomic E-state index is -3.52. The normalized spacial score (nSPS) is 11.5. The molecule has 0 spiro atoms. The maximum absolute atomic E-state index is 12.3. The molecule has 0 fully saturated rings. The minimum Gasteiger partial charge on any atom is -0.278 e. The van der Waals surface area contributed by atoms with Crippen LogP contribution in [0.5, 0.6) is 0 Å². The summed E-state index contributed by atoms with van der Waals surface area (Å²) in [5.74, 6) is 0. The Balaban J connectivity index is 2.36. The number of hydrogen-bond acceptors (Lipinski definition) is 4. The van der Waals surface area contributed by atoms with Gasteiger partial charge in [0.2, 0.25) is 0 Å². The second-order valence-corrected chi connectivity index (χ2v) is 8.96. The van der Waals surface area contributed by atoms with Crippen molar-refractivity contribution in [2.45, 2.75) is 16.0 Å². The van der Waals surface area contributed by atoms with E-state index in [2.05, 4.69) is 20.7 Å². The average molecular weight is 378 g/mol. The van der Waals surface area contributed by atoms with Crippen molar-refractivity contribution in [1.82, 2.24) is 0 Å². The smallest absolute Gasteiger partial charge is 0.271 e. The minimum absolute atomic E-state index is 0.313. The fourth-order valence-corrected chi connectivity index (χ4v) is 5.41. The van der Waals surface area contributed by atoms with Gasteiger partial charge in [-0.3, -0.25) is 4.72 Å². The molecule has 0 aliphatic rings. The van der Waals surface area contributed by atoms with Gasteiger partial charge in [0.25, 0.3) is 10.0 Å². The van der Waals surface area contributed by atoms with Crippen LogP contribution in [0.1, 0.15) is 5.56 Å². The molecular weight excluding hydrogens is 366 g/mol. The van der Waals surface area contributed by atoms with Crippen molar-refractivity contribution in [3.8, 4) is 0 Å². The molecule has 0 saturated heterocycles. The van der Waals surface area contributed by atoms with Gasteiger partial charge in [0.15, 0.2) is 0 Å². The molecule has 1 aromatic carbocycles. The molecule has 0 unspecified atom stereocenters. The SMILES string of the molecule is CSc1ccccc1NS(=O)(=O)c1cc(C)c(Br)s1. The van der Waals surface area contributed by atoms with Gasteiger partial charge in [0, 0.05) is 4.90 Å². The zero-order valence-corrected chi connectivity index (χ0v) is 14.3. The van der Waals surface area contributed by atoms with E-state index in [0.717, 1.165) is 14.2 Å². The number of para-hydroxylation sites is 1. The van der Waals surface area contributed by atoms with E-state index in [9.17, 15) is 8.42 Å². The summed E-state index contributed by atoms with van der Waals surface area (Å²) in [7, 11) is -3.52. The number of thioether (sulfide) groups is 1. The van der Waals surface area contributed by atoms with E-state index >= 15 is 0 Å². The van der Waals surface area contributed by atoms with Crippen LogP contribution in [0.2, 0.25) is 0 Å². The Morgan fingerprint density at radius 1 is 1.32 bits per heavy atom. The molecule has 0 atom stereocenters. The summed E-state index contributed by atoms with van der Waals surface area (Å²) in [6.45, 7) is 1.87. The maximum Gasteiger partial charge on any atom is 0.271 e. The number of anilines is 1. The van der Waals surface area contributed by atoms with Gasteiger partial charge in [-0.2, -0.15) is 0 Å². The Labute approximate surface area is 129 Å². The first-order chi connectivity index (χ1) is 8.94. The zero-order valence-electron chi connectivity index (χ0n) is 10.3. The Morgan fingerprint density at radius 2 is 2.00 bits per heavy atom. The molecule has 0 saturated carbocycles. The monoisotopic (exact) mass is 377 g/mol. The van der Waals surface area contributed by atoms with E-state index in [4.69, 9.17) is 0 Å². The number of benzene rings is 1. The molecule has 102 valence electrons. The molecule has 1 heterocycles. The van der Waals surface area contributed by atoms with Gasteiger partial charge in [-0.25, -0.2) is 8.42 Å². The molecule has 0 aliphatic heterocycles. The summed E-state index contributed by atoms with van der Waals surface area (Å²) in [6, 6.07) is 9.01. The highest BCUT2D eigenvalue weighted by molar-refractivity contribution is 9.11. The zero-order chi connectivity index (χ0) is 14.0. The lowest BCUT2D eigenvalue weighted by atomic mass is 10.3. The number of thiophene rings is 1. The van der Waals surface area contributed by atoms with Gasteiger partial charge < -0.3 is 0 Å². The first-order valence-corrected chi connectivity index (χ1v) is 9.67. The van der Waals surface area contributed by atoms with Crippen molar-refractivity contribution in [2.75, 3.05) is 11.0 Å². The predicted octanol–water partition coefficient (Wildman–Crippen LogP) is 4.34. The fraction of sp³-hybridized carbons (Fsp3) is 0.167. The second-order valence-electron chi connectivity index (χ2n) is 3.83. The first-order valence-electron chi connectivity index (χ1n) is 5.36. The lowest BCUT2D eigenvalue weighted by molar-refractivity contribution is 0.603. The largest absolute Gasteiger partial charge is 0.278 e. The predicted molar refractivity (Wildman–Crippen MR) is 85.8 cm³/mol. The number of nitrogens with one attached hydrogen (secondary N) is 1. The average Bonchev–Trinajstić information content (AvgIpc) is 2.71. The molecule has 0 amide bonds. The lowest BCUT2D eigenvalue weighted by Crippen LogP contribution is -2.12. The maximum atomic E-state index is 12.3. The van der Waals surface area contributed by atoms with Crippen molar-refractivity contribution in [1.29, 1.82) is 0 Å². The molecular formula is C12H12BrNO2S3. The molecule has 19 heavy (non-hydrogen) atoms. The summed E-state index contributed by atoms with van der Waals surface area (Å²) >= 11 is 6.06. The van der Waals surface area contributed by atoms with Crippen LogP contribution in [0.3, 0.4) is 0 Å². The van der Waals surface area contributed by atoms with E-state index in [0.29, 0.717) is 9.90 Å². The quantitative estimate of drug-likeness (QED) is 0.805. The number of sulfonamides is 1. The van der Waals surface area contributed by atoms with Gasteiger partial charge in [0.1, 0.15) is 4.21 Å². The molecule has 0 aliphatic carbocycles. The molecule has 0 radical (unpaired) electrons. The first kappa shape index (κ1) is 14.9. The van der Waals surface area contributed by atoms with Crippen molar-refractivity contribution < 1.29 is 8.42 Å². The number of aryl methyl sites for hydroxylation is 1. The number of rotatable bonds is 4. The molecule has 3 nitrogen and oxygen atoms in total. The van der Waals surface area contributed by atoms with Gasteiger partial charge >= 0.3 is 0 Å². The van der Waals surface area contributed by atoms with Crippen LogP contribution in [-0.2, 0) is 10.0 Å². The topological polar surface area (TPSA) is 46.2 Å². The van der Waals surface area contributed by atoms with E-state index in [-0.39, 0.29) is 0 Å². The number of halogens is 1. The van der Waals surface area contributed by atoms with Crippen molar-refractivity contribution in [3.63, 3.8) is 0 Å². The van der Waals surface area contributed by atoms with Crippen LogP contribution in [-0.4, -0.2) is 14.7 Å². The molecule has 0 bridgehead atoms. The Morgan fingerprint density at radius 3 is 2.58 bits per heavy atom. The Bertz CT molecular complexity index is 675. The lowest BCUT2D eigenvalue weighted by Gasteiger charge is -2.09. The van der Waals surface area contributed by atoms with Gasteiger partial charge in [0.05, 0.1) is 9.47 Å². The summed E-state index contributed by atoms with van der Waals surface area (Å²) in [4.78, 5) is 0.901. The van der Waals surface area contributed by atoms with Crippen LogP contribution >= 0.6 is 39.0 Å². The van der Waals surface area contributed by atoms with Crippen molar-refractivity contribution in [3.05, 3.63) is 39.7 Å². The number of hydrogen-bond donors (Lipinski definition) is 1. The van der Waals surface area contributed by atoms with E-state index < -0.39 is 10.0 Å². The molecule has 2 rings (SSSR count). The summed E-state index contributed by atoms with van der Waals surface area (Å²) in [5, 5.41) is 0. The van der Waals surface area contributed by atoms with Crippen LogP contribution in [0.15, 0.2) is 43.2 Å². The highest BCUT2D eigenvalue weighted by atomic mass is 79.9. The Kier molecular flexibility index (Phi) is 4.60. The molecule has 2 aromatic rings. The van der Waals surface area contributed by atoms with Crippen LogP contribution in [0, 0.1) is 6.92 Å². The Hall–Kier alpha value is -0.500. The van der Waals surface area contributed by atoms with Crippen molar-refractivity contribution in [2.24, 2.45) is 0 Å². The third-order valence-electron chi connectivity index (χ3n) is 2.45. The van der Waals surface area contributed by atoms with Gasteiger partial charge in [-0.05, 0) is 52.9 Å². The standard InChI is InChI=1S/C12H12BrNO2S3/c1-8-7-11(18-12(8)13)19(15,16)14-9-5-3-4-6-10(9)17-2/h3-7,14H,1-2H3. The van der Waals surface area contributed by atoms with Crippen LogP contribution < -0.4 is 4.72 Å². The highest BCUT2D eigenvalue weighted by Gasteiger charge is 2.19. The van der Waals surface area contributed by atoms with E-state index in [1.54, 1.807) is 12.1 Å². The highest BCUT2D eigenvalue weighted by Crippen LogP contribution is 2.33.